The molecule has 2 rings (SSSR count). The maximum Gasteiger partial charge on any atom is 0.195 e. The molecule has 18 heavy (non-hydrogen) atoms. The number of carbonyl (C=O) groups is 1. The highest BCUT2D eigenvalue weighted by molar-refractivity contribution is 6.44. The van der Waals surface area contributed by atoms with Gasteiger partial charge in [-0.15, -0.1) is 0 Å². The van der Waals surface area contributed by atoms with Crippen molar-refractivity contribution < 1.29 is 9.90 Å². The summed E-state index contributed by atoms with van der Waals surface area (Å²) >= 11 is 11.9. The lowest BCUT2D eigenvalue weighted by molar-refractivity contribution is 0.00427. The van der Waals surface area contributed by atoms with Crippen LogP contribution in [0.3, 0.4) is 0 Å². The van der Waals surface area contributed by atoms with Crippen LogP contribution in [-0.4, -0.2) is 16.5 Å². The molecule has 1 aliphatic carbocycles. The number of hydrogen-bond donors (Lipinski definition) is 1. The minimum atomic E-state index is -1.28. The van der Waals surface area contributed by atoms with Gasteiger partial charge in [0.25, 0.3) is 0 Å². The van der Waals surface area contributed by atoms with Crippen molar-refractivity contribution in [3.8, 4) is 0 Å². The highest BCUT2D eigenvalue weighted by Crippen LogP contribution is 2.36. The van der Waals surface area contributed by atoms with E-state index in [0.717, 1.165) is 12.8 Å². The quantitative estimate of drug-likeness (QED) is 0.831. The van der Waals surface area contributed by atoms with E-state index in [1.54, 1.807) is 18.2 Å². The summed E-state index contributed by atoms with van der Waals surface area (Å²) in [5.74, 6) is 0.259. The number of hydrogen-bond acceptors (Lipinski definition) is 2. The summed E-state index contributed by atoms with van der Waals surface area (Å²) in [5.41, 5.74) is -0.956. The Morgan fingerprint density at radius 2 is 1.94 bits per heavy atom. The van der Waals surface area contributed by atoms with E-state index >= 15 is 0 Å². The van der Waals surface area contributed by atoms with Gasteiger partial charge in [-0.2, -0.15) is 0 Å². The van der Waals surface area contributed by atoms with Gasteiger partial charge in [0.1, 0.15) is 5.60 Å². The molecular weight excluding hydrogens is 271 g/mol. The molecule has 1 aliphatic rings. The first-order valence-corrected chi connectivity index (χ1v) is 6.91. The summed E-state index contributed by atoms with van der Waals surface area (Å²) in [6.45, 7) is 2.14. The number of Topliss-reactive ketones (excluding diaryl/α,β-unsaturated/α-hetero) is 1. The van der Waals surface area contributed by atoms with Gasteiger partial charge in [0.15, 0.2) is 5.78 Å². The van der Waals surface area contributed by atoms with Crippen LogP contribution in [0.2, 0.25) is 10.0 Å². The Kier molecular flexibility index (Phi) is 4.00. The molecule has 0 aliphatic heterocycles. The third-order valence-corrected chi connectivity index (χ3v) is 4.54. The average Bonchev–Trinajstić information content (AvgIpc) is 2.36. The molecule has 2 nitrogen and oxygen atoms in total. The van der Waals surface area contributed by atoms with Crippen LogP contribution in [0.15, 0.2) is 18.2 Å². The number of ketones is 1. The van der Waals surface area contributed by atoms with E-state index in [0.29, 0.717) is 29.3 Å². The van der Waals surface area contributed by atoms with Gasteiger partial charge in [-0.05, 0) is 43.7 Å². The Morgan fingerprint density at radius 3 is 2.56 bits per heavy atom. The second-order valence-electron chi connectivity index (χ2n) is 5.14. The predicted octanol–water partition coefficient (Wildman–Crippen LogP) is 4.12. The zero-order chi connectivity index (χ0) is 13.3. The van der Waals surface area contributed by atoms with Crippen molar-refractivity contribution in [2.45, 2.75) is 38.2 Å². The Hall–Kier alpha value is -0.570. The van der Waals surface area contributed by atoms with Crippen LogP contribution in [0.4, 0.5) is 0 Å². The average molecular weight is 287 g/mol. The van der Waals surface area contributed by atoms with Crippen LogP contribution in [0.5, 0.6) is 0 Å². The maximum absolute atomic E-state index is 12.4. The monoisotopic (exact) mass is 286 g/mol. The molecular formula is C14H16Cl2O2. The molecule has 0 amide bonds. The molecule has 1 fully saturated rings. The minimum Gasteiger partial charge on any atom is -0.382 e. The molecule has 0 saturated heterocycles. The van der Waals surface area contributed by atoms with E-state index < -0.39 is 5.60 Å². The van der Waals surface area contributed by atoms with Gasteiger partial charge in [-0.1, -0.05) is 36.2 Å². The van der Waals surface area contributed by atoms with Crippen LogP contribution in [-0.2, 0) is 0 Å². The molecule has 0 atom stereocenters. The van der Waals surface area contributed by atoms with E-state index in [9.17, 15) is 9.90 Å². The summed E-state index contributed by atoms with van der Waals surface area (Å²) in [7, 11) is 0. The summed E-state index contributed by atoms with van der Waals surface area (Å²) in [4.78, 5) is 12.4. The van der Waals surface area contributed by atoms with Crippen LogP contribution >= 0.6 is 23.2 Å². The molecule has 1 N–H and O–H groups in total. The van der Waals surface area contributed by atoms with Crippen LogP contribution in [0, 0.1) is 5.92 Å². The number of carbonyl (C=O) groups excluding carboxylic acids is 1. The van der Waals surface area contributed by atoms with Gasteiger partial charge >= 0.3 is 0 Å². The molecule has 0 heterocycles. The van der Waals surface area contributed by atoms with E-state index in [1.165, 1.54) is 0 Å². The first kappa shape index (κ1) is 13.9. The maximum atomic E-state index is 12.4. The van der Waals surface area contributed by atoms with E-state index in [4.69, 9.17) is 23.2 Å². The first-order valence-electron chi connectivity index (χ1n) is 6.15. The fourth-order valence-electron chi connectivity index (χ4n) is 2.40. The van der Waals surface area contributed by atoms with E-state index in [1.807, 2.05) is 0 Å². The summed E-state index contributed by atoms with van der Waals surface area (Å²) in [6, 6.07) is 4.93. The highest BCUT2D eigenvalue weighted by atomic mass is 35.5. The smallest absolute Gasteiger partial charge is 0.195 e. The van der Waals surface area contributed by atoms with Crippen molar-refractivity contribution in [2.75, 3.05) is 0 Å². The van der Waals surface area contributed by atoms with Crippen LogP contribution in [0.1, 0.15) is 43.0 Å². The Labute approximate surface area is 117 Å². The molecule has 0 radical (unpaired) electrons. The predicted molar refractivity (Wildman–Crippen MR) is 73.4 cm³/mol. The number of halogens is 2. The van der Waals surface area contributed by atoms with Crippen molar-refractivity contribution in [1.29, 1.82) is 0 Å². The fraction of sp³-hybridized carbons (Fsp3) is 0.500. The molecule has 0 spiro atoms. The second-order valence-corrected chi connectivity index (χ2v) is 5.93. The Morgan fingerprint density at radius 1 is 1.33 bits per heavy atom. The lowest BCUT2D eigenvalue weighted by Crippen LogP contribution is -2.42. The molecule has 1 aromatic carbocycles. The van der Waals surface area contributed by atoms with Crippen molar-refractivity contribution in [1.82, 2.24) is 0 Å². The first-order chi connectivity index (χ1) is 8.44. The number of benzene rings is 1. The lowest BCUT2D eigenvalue weighted by atomic mass is 9.76. The van der Waals surface area contributed by atoms with Gasteiger partial charge in [0.05, 0.1) is 10.0 Å². The van der Waals surface area contributed by atoms with Gasteiger partial charge in [-0.3, -0.25) is 4.79 Å². The lowest BCUT2D eigenvalue weighted by Gasteiger charge is -2.33. The second kappa shape index (κ2) is 5.20. The van der Waals surface area contributed by atoms with Gasteiger partial charge in [0.2, 0.25) is 0 Å². The molecule has 0 aromatic heterocycles. The van der Waals surface area contributed by atoms with Gasteiger partial charge in [-0.25, -0.2) is 0 Å². The van der Waals surface area contributed by atoms with Gasteiger partial charge in [0, 0.05) is 5.56 Å². The number of aliphatic hydroxyl groups is 1. The molecule has 4 heteroatoms. The largest absolute Gasteiger partial charge is 0.382 e. The van der Waals surface area contributed by atoms with E-state index in [2.05, 4.69) is 6.92 Å². The molecule has 98 valence electrons. The Bertz CT molecular complexity index is 463. The van der Waals surface area contributed by atoms with Crippen molar-refractivity contribution in [2.24, 2.45) is 5.92 Å². The van der Waals surface area contributed by atoms with Gasteiger partial charge < -0.3 is 5.11 Å². The summed E-state index contributed by atoms with van der Waals surface area (Å²) < 4.78 is 0. The molecule has 0 bridgehead atoms. The fourth-order valence-corrected chi connectivity index (χ4v) is 2.78. The summed E-state index contributed by atoms with van der Waals surface area (Å²) in [6.07, 6.45) is 2.71. The highest BCUT2D eigenvalue weighted by Gasteiger charge is 2.40. The zero-order valence-electron chi connectivity index (χ0n) is 10.2. The van der Waals surface area contributed by atoms with Crippen LogP contribution < -0.4 is 0 Å². The van der Waals surface area contributed by atoms with Crippen molar-refractivity contribution in [3.63, 3.8) is 0 Å². The SMILES string of the molecule is CC1CCC(O)(C(=O)c2cccc(Cl)c2Cl)CC1. The molecule has 1 saturated carbocycles. The van der Waals surface area contributed by atoms with E-state index in [-0.39, 0.29) is 10.8 Å². The zero-order valence-corrected chi connectivity index (χ0v) is 11.8. The topological polar surface area (TPSA) is 37.3 Å². The summed E-state index contributed by atoms with van der Waals surface area (Å²) in [5, 5.41) is 11.1. The van der Waals surface area contributed by atoms with Crippen LogP contribution in [0.25, 0.3) is 0 Å². The standard InChI is InChI=1S/C14H16Cl2O2/c1-9-5-7-14(18,8-6-9)13(17)10-3-2-4-11(15)12(10)16/h2-4,9,18H,5-8H2,1H3. The number of rotatable bonds is 2. The molecule has 0 unspecified atom stereocenters. The third-order valence-electron chi connectivity index (χ3n) is 3.72. The third kappa shape index (κ3) is 2.56. The Balaban J connectivity index is 2.28. The minimum absolute atomic E-state index is 0.233. The molecule has 1 aromatic rings. The van der Waals surface area contributed by atoms with Crippen molar-refractivity contribution >= 4 is 29.0 Å². The van der Waals surface area contributed by atoms with Crippen molar-refractivity contribution in [3.05, 3.63) is 33.8 Å². The normalized spacial score (nSPS) is 28.1.